The minimum absolute atomic E-state index is 0.103. The van der Waals surface area contributed by atoms with Crippen LogP contribution in [0.15, 0.2) is 30.5 Å². The van der Waals surface area contributed by atoms with Crippen LogP contribution in [0.1, 0.15) is 55.6 Å². The molecule has 6 nitrogen and oxygen atoms in total. The summed E-state index contributed by atoms with van der Waals surface area (Å²) in [5.74, 6) is -0.884. The average molecular weight is 511 g/mol. The van der Waals surface area contributed by atoms with E-state index in [0.29, 0.717) is 24.5 Å². The molecular weight excluding hydrogens is 485 g/mol. The number of amides is 2. The SMILES string of the molecule is CC(C)C(C)(NC(=O)c1cnc(Cl)c(Cl)c1)C(=O)N1CC[C@]2(O)c3ccc(Cl)cc3C2(C)C1. The summed E-state index contributed by atoms with van der Waals surface area (Å²) < 4.78 is 0. The number of carbonyl (C=O) groups is 2. The monoisotopic (exact) mass is 509 g/mol. The molecule has 0 spiro atoms. The van der Waals surface area contributed by atoms with Crippen molar-refractivity contribution in [1.82, 2.24) is 15.2 Å². The number of hydrogen-bond donors (Lipinski definition) is 2. The Morgan fingerprint density at radius 1 is 1.21 bits per heavy atom. The third-order valence-electron chi connectivity index (χ3n) is 7.50. The highest BCUT2D eigenvalue weighted by Gasteiger charge is 2.63. The Morgan fingerprint density at radius 2 is 1.91 bits per heavy atom. The fourth-order valence-corrected chi connectivity index (χ4v) is 5.42. The quantitative estimate of drug-likeness (QED) is 0.590. The smallest absolute Gasteiger partial charge is 0.253 e. The van der Waals surface area contributed by atoms with E-state index in [2.05, 4.69) is 10.3 Å². The van der Waals surface area contributed by atoms with Crippen LogP contribution < -0.4 is 5.32 Å². The largest absolute Gasteiger partial charge is 0.384 e. The standard InChI is InChI=1S/C24H26Cl3N3O3/c1-13(2)23(4,29-20(31)14-9-18(26)19(27)28-11-14)21(32)30-8-7-24(33)16-6-5-15(25)10-17(16)22(24,3)12-30/h5-6,9-11,13,33H,7-8,12H2,1-4H3,(H,29,31)/t22?,23?,24-/m0/s1. The van der Waals surface area contributed by atoms with Gasteiger partial charge >= 0.3 is 0 Å². The second kappa shape index (κ2) is 8.12. The number of nitrogens with zero attached hydrogens (tertiary/aromatic N) is 2. The van der Waals surface area contributed by atoms with Gasteiger partial charge in [-0.1, -0.05) is 61.6 Å². The van der Waals surface area contributed by atoms with Gasteiger partial charge in [0.1, 0.15) is 16.3 Å². The summed E-state index contributed by atoms with van der Waals surface area (Å²) >= 11 is 18.1. The second-order valence-electron chi connectivity index (χ2n) is 9.67. The van der Waals surface area contributed by atoms with Gasteiger partial charge in [-0.25, -0.2) is 4.98 Å². The fourth-order valence-electron chi connectivity index (χ4n) is 4.98. The van der Waals surface area contributed by atoms with Crippen molar-refractivity contribution in [3.05, 3.63) is 62.4 Å². The molecule has 1 aliphatic heterocycles. The molecule has 9 heteroatoms. The van der Waals surface area contributed by atoms with Crippen LogP contribution in [0.2, 0.25) is 15.2 Å². The number of fused-ring (bicyclic) bond motifs is 4. The normalized spacial score (nSPS) is 25.5. The zero-order chi connectivity index (χ0) is 24.3. The van der Waals surface area contributed by atoms with Crippen molar-refractivity contribution in [2.24, 2.45) is 5.92 Å². The summed E-state index contributed by atoms with van der Waals surface area (Å²) in [5.41, 5.74) is -0.799. The van der Waals surface area contributed by atoms with Gasteiger partial charge in [0.05, 0.1) is 10.6 Å². The molecule has 2 amide bonds. The molecule has 0 radical (unpaired) electrons. The van der Waals surface area contributed by atoms with E-state index in [1.165, 1.54) is 12.3 Å². The number of pyridine rings is 1. The molecule has 1 aromatic heterocycles. The van der Waals surface area contributed by atoms with Crippen LogP contribution in [0.5, 0.6) is 0 Å². The molecule has 176 valence electrons. The van der Waals surface area contributed by atoms with Gasteiger partial charge in [0.25, 0.3) is 5.91 Å². The van der Waals surface area contributed by atoms with Crippen LogP contribution in [-0.4, -0.2) is 45.4 Å². The number of aromatic nitrogens is 1. The number of nitrogens with one attached hydrogen (secondary N) is 1. The number of hydrogen-bond acceptors (Lipinski definition) is 4. The van der Waals surface area contributed by atoms with Crippen LogP contribution in [0.25, 0.3) is 0 Å². The van der Waals surface area contributed by atoms with E-state index in [1.54, 1.807) is 17.9 Å². The minimum Gasteiger partial charge on any atom is -0.384 e. The summed E-state index contributed by atoms with van der Waals surface area (Å²) in [4.78, 5) is 32.4. The van der Waals surface area contributed by atoms with Crippen LogP contribution in [0.4, 0.5) is 0 Å². The van der Waals surface area contributed by atoms with Crippen LogP contribution >= 0.6 is 34.8 Å². The highest BCUT2D eigenvalue weighted by atomic mass is 35.5. The van der Waals surface area contributed by atoms with Crippen molar-refractivity contribution in [2.75, 3.05) is 13.1 Å². The molecule has 1 saturated heterocycles. The predicted octanol–water partition coefficient (Wildman–Crippen LogP) is 4.58. The maximum absolute atomic E-state index is 13.8. The molecule has 1 aromatic carbocycles. The molecule has 33 heavy (non-hydrogen) atoms. The Hall–Kier alpha value is -1.86. The zero-order valence-electron chi connectivity index (χ0n) is 18.9. The lowest BCUT2D eigenvalue weighted by molar-refractivity contribution is -0.157. The van der Waals surface area contributed by atoms with E-state index < -0.39 is 22.5 Å². The average Bonchev–Trinajstić information content (AvgIpc) is 2.76. The highest BCUT2D eigenvalue weighted by Crippen LogP contribution is 2.59. The van der Waals surface area contributed by atoms with Gasteiger partial charge in [-0.05, 0) is 48.6 Å². The molecular formula is C24H26Cl3N3O3. The molecule has 1 aliphatic carbocycles. The van der Waals surface area contributed by atoms with E-state index in [9.17, 15) is 14.7 Å². The van der Waals surface area contributed by atoms with Gasteiger partial charge in [0, 0.05) is 29.7 Å². The Bertz CT molecular complexity index is 1160. The Labute approximate surface area is 208 Å². The summed E-state index contributed by atoms with van der Waals surface area (Å²) in [6.07, 6.45) is 1.73. The first-order valence-electron chi connectivity index (χ1n) is 10.8. The Morgan fingerprint density at radius 3 is 2.55 bits per heavy atom. The van der Waals surface area contributed by atoms with Crippen molar-refractivity contribution in [1.29, 1.82) is 0 Å². The van der Waals surface area contributed by atoms with Crippen molar-refractivity contribution < 1.29 is 14.7 Å². The summed E-state index contributed by atoms with van der Waals surface area (Å²) in [5, 5.41) is 15.2. The number of piperidine rings is 1. The summed E-state index contributed by atoms with van der Waals surface area (Å²) in [6.45, 7) is 8.13. The van der Waals surface area contributed by atoms with Gasteiger partial charge < -0.3 is 15.3 Å². The van der Waals surface area contributed by atoms with Crippen molar-refractivity contribution in [3.63, 3.8) is 0 Å². The predicted molar refractivity (Wildman–Crippen MR) is 129 cm³/mol. The number of halogens is 3. The van der Waals surface area contributed by atoms with E-state index in [0.717, 1.165) is 11.1 Å². The van der Waals surface area contributed by atoms with Gasteiger partial charge in [-0.2, -0.15) is 0 Å². The van der Waals surface area contributed by atoms with Crippen molar-refractivity contribution in [2.45, 2.75) is 50.7 Å². The number of carbonyl (C=O) groups excluding carboxylic acids is 2. The summed E-state index contributed by atoms with van der Waals surface area (Å²) in [6, 6.07) is 6.92. The molecule has 2 N–H and O–H groups in total. The zero-order valence-corrected chi connectivity index (χ0v) is 21.1. The Balaban J connectivity index is 1.60. The lowest BCUT2D eigenvalue weighted by Crippen LogP contribution is -2.70. The molecule has 2 heterocycles. The van der Waals surface area contributed by atoms with Crippen molar-refractivity contribution in [3.8, 4) is 0 Å². The molecule has 2 aromatic rings. The topological polar surface area (TPSA) is 82.5 Å². The first-order chi connectivity index (χ1) is 15.3. The number of rotatable bonds is 4. The molecule has 2 unspecified atom stereocenters. The first kappa shape index (κ1) is 24.3. The van der Waals surface area contributed by atoms with Gasteiger partial charge in [-0.3, -0.25) is 9.59 Å². The van der Waals surface area contributed by atoms with Crippen molar-refractivity contribution >= 4 is 46.6 Å². The lowest BCUT2D eigenvalue weighted by atomic mass is 9.51. The highest BCUT2D eigenvalue weighted by molar-refractivity contribution is 6.41. The van der Waals surface area contributed by atoms with Crippen LogP contribution in [0.3, 0.4) is 0 Å². The molecule has 4 rings (SSSR count). The molecule has 1 fully saturated rings. The minimum atomic E-state index is -1.18. The van der Waals surface area contributed by atoms with Gasteiger partial charge in [-0.15, -0.1) is 0 Å². The van der Waals surface area contributed by atoms with Crippen LogP contribution in [-0.2, 0) is 15.8 Å². The molecule has 0 saturated carbocycles. The van der Waals surface area contributed by atoms with Gasteiger partial charge in [0.15, 0.2) is 0 Å². The number of aliphatic hydroxyl groups is 1. The van der Waals surface area contributed by atoms with E-state index in [-0.39, 0.29) is 27.6 Å². The van der Waals surface area contributed by atoms with Gasteiger partial charge in [0.2, 0.25) is 5.91 Å². The number of likely N-dealkylation sites (tertiary alicyclic amines) is 1. The second-order valence-corrected chi connectivity index (χ2v) is 10.9. The molecule has 0 bridgehead atoms. The first-order valence-corrected chi connectivity index (χ1v) is 11.9. The molecule has 2 aliphatic rings. The summed E-state index contributed by atoms with van der Waals surface area (Å²) in [7, 11) is 0. The van der Waals surface area contributed by atoms with Crippen LogP contribution in [0, 0.1) is 5.92 Å². The maximum atomic E-state index is 13.8. The lowest BCUT2D eigenvalue weighted by Gasteiger charge is -2.61. The number of benzene rings is 1. The Kier molecular flexibility index (Phi) is 5.97. The van der Waals surface area contributed by atoms with E-state index in [1.807, 2.05) is 32.9 Å². The fraction of sp³-hybridized carbons (Fsp3) is 0.458. The molecule has 3 atom stereocenters. The van der Waals surface area contributed by atoms with E-state index in [4.69, 9.17) is 34.8 Å². The maximum Gasteiger partial charge on any atom is 0.253 e. The third kappa shape index (κ3) is 3.63. The van der Waals surface area contributed by atoms with E-state index >= 15 is 0 Å². The third-order valence-corrected chi connectivity index (χ3v) is 8.42.